The normalized spacial score (nSPS) is 10.9. The quantitative estimate of drug-likeness (QED) is 0.406. The summed E-state index contributed by atoms with van der Waals surface area (Å²) in [5.74, 6) is -8.41. The molecule has 0 bridgehead atoms. The zero-order valence-corrected chi connectivity index (χ0v) is 11.9. The molecular weight excluding hydrogens is 330 g/mol. The second kappa shape index (κ2) is 6.03. The Labute approximate surface area is 133 Å². The van der Waals surface area contributed by atoms with Gasteiger partial charge >= 0.3 is 0 Å². The standard InChI is InChI=1S/C18H8F6/c19-13-5-11(6-14(20)17(13)23)9-1-2-10(4-3-9)12-7-15(21)18(24)16(22)8-12/h1-8H. The van der Waals surface area contributed by atoms with E-state index in [4.69, 9.17) is 0 Å². The van der Waals surface area contributed by atoms with Crippen molar-refractivity contribution in [1.82, 2.24) is 0 Å². The number of halogens is 6. The molecule has 0 fully saturated rings. The summed E-state index contributed by atoms with van der Waals surface area (Å²) >= 11 is 0. The largest absolute Gasteiger partial charge is 0.204 e. The lowest BCUT2D eigenvalue weighted by molar-refractivity contribution is 0.447. The smallest absolute Gasteiger partial charge is 0.194 e. The summed E-state index contributed by atoms with van der Waals surface area (Å²) in [4.78, 5) is 0. The molecule has 0 saturated heterocycles. The third-order valence-corrected chi connectivity index (χ3v) is 3.52. The fourth-order valence-corrected chi connectivity index (χ4v) is 2.30. The van der Waals surface area contributed by atoms with Gasteiger partial charge in [0, 0.05) is 0 Å². The SMILES string of the molecule is Fc1cc(-c2ccc(-c3cc(F)c(F)c(F)c3)cc2)cc(F)c1F. The van der Waals surface area contributed by atoms with E-state index in [2.05, 4.69) is 0 Å². The molecule has 0 N–H and O–H groups in total. The van der Waals surface area contributed by atoms with Crippen molar-refractivity contribution in [1.29, 1.82) is 0 Å². The van der Waals surface area contributed by atoms with Gasteiger partial charge in [0.15, 0.2) is 34.9 Å². The van der Waals surface area contributed by atoms with Crippen LogP contribution in [0.4, 0.5) is 26.3 Å². The summed E-state index contributed by atoms with van der Waals surface area (Å²) in [6.07, 6.45) is 0. The Morgan fingerprint density at radius 3 is 0.875 bits per heavy atom. The van der Waals surface area contributed by atoms with E-state index in [1.165, 1.54) is 24.3 Å². The fourth-order valence-electron chi connectivity index (χ4n) is 2.30. The van der Waals surface area contributed by atoms with Crippen molar-refractivity contribution in [3.8, 4) is 22.3 Å². The molecule has 0 amide bonds. The predicted molar refractivity (Wildman–Crippen MR) is 77.1 cm³/mol. The maximum absolute atomic E-state index is 13.3. The van der Waals surface area contributed by atoms with Crippen molar-refractivity contribution in [2.75, 3.05) is 0 Å². The molecule has 0 atom stereocenters. The van der Waals surface area contributed by atoms with Gasteiger partial charge in [-0.05, 0) is 46.5 Å². The van der Waals surface area contributed by atoms with E-state index in [-0.39, 0.29) is 11.1 Å². The van der Waals surface area contributed by atoms with Gasteiger partial charge in [0.2, 0.25) is 0 Å². The Morgan fingerprint density at radius 1 is 0.375 bits per heavy atom. The summed E-state index contributed by atoms with van der Waals surface area (Å²) in [5, 5.41) is 0. The van der Waals surface area contributed by atoms with Gasteiger partial charge in [-0.1, -0.05) is 24.3 Å². The highest BCUT2D eigenvalue weighted by Crippen LogP contribution is 2.28. The minimum Gasteiger partial charge on any atom is -0.204 e. The predicted octanol–water partition coefficient (Wildman–Crippen LogP) is 5.86. The first-order valence-electron chi connectivity index (χ1n) is 6.76. The minimum atomic E-state index is -1.56. The summed E-state index contributed by atoms with van der Waals surface area (Å²) in [5.41, 5.74) is 0.961. The first kappa shape index (κ1) is 16.1. The summed E-state index contributed by atoms with van der Waals surface area (Å²) in [6.45, 7) is 0. The molecule has 0 spiro atoms. The molecule has 3 rings (SSSR count). The lowest BCUT2D eigenvalue weighted by Gasteiger charge is -2.07. The zero-order chi connectivity index (χ0) is 17.4. The van der Waals surface area contributed by atoms with Gasteiger partial charge in [-0.2, -0.15) is 0 Å². The van der Waals surface area contributed by atoms with Gasteiger partial charge in [-0.25, -0.2) is 26.3 Å². The number of benzene rings is 3. The summed E-state index contributed by atoms with van der Waals surface area (Å²) in [7, 11) is 0. The maximum Gasteiger partial charge on any atom is 0.194 e. The Balaban J connectivity index is 2.00. The second-order valence-corrected chi connectivity index (χ2v) is 5.09. The Hall–Kier alpha value is -2.76. The average Bonchev–Trinajstić information content (AvgIpc) is 2.57. The van der Waals surface area contributed by atoms with Crippen LogP contribution < -0.4 is 0 Å². The molecule has 6 heteroatoms. The zero-order valence-electron chi connectivity index (χ0n) is 11.9. The highest BCUT2D eigenvalue weighted by atomic mass is 19.2. The third-order valence-electron chi connectivity index (χ3n) is 3.52. The molecule has 0 nitrogen and oxygen atoms in total. The van der Waals surface area contributed by atoms with Crippen LogP contribution in [0.2, 0.25) is 0 Å². The Bertz CT molecular complexity index is 793. The van der Waals surface area contributed by atoms with E-state index in [0.717, 1.165) is 24.3 Å². The van der Waals surface area contributed by atoms with Crippen molar-refractivity contribution in [3.05, 3.63) is 83.4 Å². The van der Waals surface area contributed by atoms with Crippen LogP contribution in [0.5, 0.6) is 0 Å². The van der Waals surface area contributed by atoms with Crippen LogP contribution in [0.15, 0.2) is 48.5 Å². The van der Waals surface area contributed by atoms with Gasteiger partial charge in [0.25, 0.3) is 0 Å². The van der Waals surface area contributed by atoms with Gasteiger partial charge < -0.3 is 0 Å². The van der Waals surface area contributed by atoms with Crippen LogP contribution >= 0.6 is 0 Å². The topological polar surface area (TPSA) is 0 Å². The summed E-state index contributed by atoms with van der Waals surface area (Å²) in [6, 6.07) is 9.13. The van der Waals surface area contributed by atoms with Crippen LogP contribution in [0, 0.1) is 34.9 Å². The van der Waals surface area contributed by atoms with E-state index in [0.29, 0.717) is 11.1 Å². The van der Waals surface area contributed by atoms with Crippen molar-refractivity contribution in [2.45, 2.75) is 0 Å². The molecule has 0 aromatic heterocycles. The molecule has 0 saturated carbocycles. The van der Waals surface area contributed by atoms with Crippen LogP contribution in [0.25, 0.3) is 22.3 Å². The highest BCUT2D eigenvalue weighted by Gasteiger charge is 2.13. The number of hydrogen-bond acceptors (Lipinski definition) is 0. The second-order valence-electron chi connectivity index (χ2n) is 5.09. The maximum atomic E-state index is 13.3. The molecule has 122 valence electrons. The molecule has 0 aliphatic heterocycles. The van der Waals surface area contributed by atoms with Gasteiger partial charge in [0.1, 0.15) is 0 Å². The van der Waals surface area contributed by atoms with Crippen LogP contribution in [-0.2, 0) is 0 Å². The molecule has 0 unspecified atom stereocenters. The van der Waals surface area contributed by atoms with E-state index < -0.39 is 34.9 Å². The molecule has 3 aromatic rings. The van der Waals surface area contributed by atoms with Crippen molar-refractivity contribution in [2.24, 2.45) is 0 Å². The Kier molecular flexibility index (Phi) is 4.05. The highest BCUT2D eigenvalue weighted by molar-refractivity contribution is 5.70. The molecule has 0 heterocycles. The van der Waals surface area contributed by atoms with Crippen LogP contribution in [0.3, 0.4) is 0 Å². The molecule has 0 aliphatic rings. The molecule has 0 radical (unpaired) electrons. The van der Waals surface area contributed by atoms with E-state index in [1.54, 1.807) is 0 Å². The Morgan fingerprint density at radius 2 is 0.625 bits per heavy atom. The fraction of sp³-hybridized carbons (Fsp3) is 0. The molecule has 24 heavy (non-hydrogen) atoms. The molecule has 3 aromatic carbocycles. The minimum absolute atomic E-state index is 0.106. The number of rotatable bonds is 2. The summed E-state index contributed by atoms with van der Waals surface area (Å²) < 4.78 is 79.0. The number of hydrogen-bond donors (Lipinski definition) is 0. The lowest BCUT2D eigenvalue weighted by Crippen LogP contribution is -1.93. The molecule has 0 aliphatic carbocycles. The van der Waals surface area contributed by atoms with Crippen LogP contribution in [-0.4, -0.2) is 0 Å². The van der Waals surface area contributed by atoms with Crippen molar-refractivity contribution in [3.63, 3.8) is 0 Å². The molecular formula is C18H8F6. The average molecular weight is 338 g/mol. The first-order valence-corrected chi connectivity index (χ1v) is 6.76. The van der Waals surface area contributed by atoms with Crippen molar-refractivity contribution >= 4 is 0 Å². The van der Waals surface area contributed by atoms with Gasteiger partial charge in [0.05, 0.1) is 0 Å². The van der Waals surface area contributed by atoms with E-state index in [1.807, 2.05) is 0 Å². The monoisotopic (exact) mass is 338 g/mol. The van der Waals surface area contributed by atoms with Crippen molar-refractivity contribution < 1.29 is 26.3 Å². The van der Waals surface area contributed by atoms with E-state index in [9.17, 15) is 26.3 Å². The van der Waals surface area contributed by atoms with Gasteiger partial charge in [-0.3, -0.25) is 0 Å². The van der Waals surface area contributed by atoms with Gasteiger partial charge in [-0.15, -0.1) is 0 Å². The third kappa shape index (κ3) is 2.87. The van der Waals surface area contributed by atoms with E-state index >= 15 is 0 Å². The lowest BCUT2D eigenvalue weighted by atomic mass is 10.00. The van der Waals surface area contributed by atoms with Crippen LogP contribution in [0.1, 0.15) is 0 Å². The first-order chi connectivity index (χ1) is 11.4.